The first-order valence-electron chi connectivity index (χ1n) is 17.7. The van der Waals surface area contributed by atoms with E-state index in [-0.39, 0.29) is 19.1 Å². The van der Waals surface area contributed by atoms with Crippen molar-refractivity contribution in [2.24, 2.45) is 7.05 Å². The van der Waals surface area contributed by atoms with Gasteiger partial charge in [0.25, 0.3) is 0 Å². The van der Waals surface area contributed by atoms with E-state index < -0.39 is 5.97 Å². The van der Waals surface area contributed by atoms with Crippen LogP contribution in [0.15, 0.2) is 91.5 Å². The lowest BCUT2D eigenvalue weighted by Crippen LogP contribution is -2.42. The van der Waals surface area contributed by atoms with Crippen molar-refractivity contribution in [1.29, 1.82) is 0 Å². The molecule has 0 radical (unpaired) electrons. The third-order valence-corrected chi connectivity index (χ3v) is 9.74. The number of carbonyl (C=O) groups is 2. The van der Waals surface area contributed by atoms with Crippen LogP contribution < -0.4 is 14.2 Å². The molecule has 14 nitrogen and oxygen atoms in total. The third-order valence-electron chi connectivity index (χ3n) is 9.74. The maximum Gasteiger partial charge on any atom is 0.341 e. The van der Waals surface area contributed by atoms with E-state index in [2.05, 4.69) is 32.1 Å². The number of carboxylic acids is 1. The Balaban J connectivity index is 0.000000160. The second-order valence-electron chi connectivity index (χ2n) is 13.2. The molecule has 14 heteroatoms. The first-order chi connectivity index (χ1) is 26.8. The van der Waals surface area contributed by atoms with Crippen LogP contribution >= 0.6 is 0 Å². The minimum atomic E-state index is -0.995. The van der Waals surface area contributed by atoms with Gasteiger partial charge in [0.2, 0.25) is 5.91 Å². The monoisotopic (exact) mass is 741 g/mol. The lowest BCUT2D eigenvalue weighted by atomic mass is 10.1. The molecule has 1 fully saturated rings. The molecule has 1 aliphatic rings. The zero-order chi connectivity index (χ0) is 38.1. The Hall–Kier alpha value is -6.80. The number of amides is 1. The van der Waals surface area contributed by atoms with Gasteiger partial charge in [0.05, 0.1) is 33.0 Å². The fraction of sp³-hybridized carbons (Fsp3) is 0.220. The van der Waals surface area contributed by atoms with Crippen molar-refractivity contribution in [3.63, 3.8) is 0 Å². The molecule has 1 amide bonds. The standard InChI is InChI=1S/C23H24N4O4.C18H15N3O3/c1-29-20-11-16-17(18-10-15-4-3-5-24-23(15)25-18)13-27(19(16)12-21(20)30-2)14-22(28)26-6-8-31-9-7-26;1-21-9-14(15-7-11-3-2-6-19-18(11)20-15)13-8-12(4-5-16(13)21)24-10-17(22)23/h3-5,10-13H,6-9,14H2,1-2H3,(H,24,25);2-9H,10H2,1H3,(H,19,20)(H,22,23). The summed E-state index contributed by atoms with van der Waals surface area (Å²) < 4.78 is 25.7. The summed E-state index contributed by atoms with van der Waals surface area (Å²) in [6, 6.07) is 21.4. The number of rotatable bonds is 9. The lowest BCUT2D eigenvalue weighted by Gasteiger charge is -2.27. The molecule has 7 heterocycles. The molecule has 0 aliphatic carbocycles. The highest BCUT2D eigenvalue weighted by molar-refractivity contribution is 6.00. The Labute approximate surface area is 314 Å². The number of benzene rings is 2. The van der Waals surface area contributed by atoms with Crippen LogP contribution in [0, 0.1) is 0 Å². The van der Waals surface area contributed by atoms with Gasteiger partial charge in [-0.1, -0.05) is 0 Å². The number of hydrogen-bond donors (Lipinski definition) is 3. The van der Waals surface area contributed by atoms with Crippen LogP contribution in [0.5, 0.6) is 17.2 Å². The lowest BCUT2D eigenvalue weighted by molar-refractivity contribution is -0.139. The van der Waals surface area contributed by atoms with Gasteiger partial charge in [-0.15, -0.1) is 0 Å². The highest BCUT2D eigenvalue weighted by Crippen LogP contribution is 2.39. The molecule has 1 saturated heterocycles. The number of nitrogens with one attached hydrogen (secondary N) is 2. The summed E-state index contributed by atoms with van der Waals surface area (Å²) in [5.74, 6) is 0.872. The second-order valence-corrected chi connectivity index (χ2v) is 13.2. The quantitative estimate of drug-likeness (QED) is 0.155. The number of nitrogens with zero attached hydrogens (tertiary/aromatic N) is 5. The van der Waals surface area contributed by atoms with E-state index in [1.165, 1.54) is 0 Å². The molecule has 280 valence electrons. The molecule has 0 atom stereocenters. The fourth-order valence-electron chi connectivity index (χ4n) is 7.05. The number of aliphatic carboxylic acids is 1. The minimum Gasteiger partial charge on any atom is -0.493 e. The number of pyridine rings is 2. The van der Waals surface area contributed by atoms with E-state index >= 15 is 0 Å². The van der Waals surface area contributed by atoms with Gasteiger partial charge in [-0.05, 0) is 60.7 Å². The molecule has 8 aromatic rings. The number of ether oxygens (including phenoxy) is 4. The van der Waals surface area contributed by atoms with Crippen molar-refractivity contribution in [3.05, 3.63) is 91.5 Å². The first kappa shape index (κ1) is 35.2. The van der Waals surface area contributed by atoms with Crippen molar-refractivity contribution in [1.82, 2.24) is 34.0 Å². The number of carbonyl (C=O) groups excluding carboxylic acids is 1. The Kier molecular flexibility index (Phi) is 9.55. The molecule has 0 unspecified atom stereocenters. The van der Waals surface area contributed by atoms with Gasteiger partial charge in [0.15, 0.2) is 18.1 Å². The number of H-pyrrole nitrogens is 2. The van der Waals surface area contributed by atoms with Gasteiger partial charge in [0, 0.05) is 101 Å². The highest BCUT2D eigenvalue weighted by atomic mass is 16.5. The van der Waals surface area contributed by atoms with Crippen LogP contribution in [-0.4, -0.2) is 98.1 Å². The number of aromatic amines is 2. The van der Waals surface area contributed by atoms with Gasteiger partial charge < -0.3 is 48.1 Å². The second kappa shape index (κ2) is 14.9. The number of methoxy groups -OCH3 is 2. The van der Waals surface area contributed by atoms with Crippen LogP contribution in [0.1, 0.15) is 0 Å². The summed E-state index contributed by atoms with van der Waals surface area (Å²) in [5, 5.41) is 12.8. The van der Waals surface area contributed by atoms with E-state index in [0.717, 1.165) is 66.4 Å². The molecule has 55 heavy (non-hydrogen) atoms. The fourth-order valence-corrected chi connectivity index (χ4v) is 7.05. The van der Waals surface area contributed by atoms with Gasteiger partial charge in [-0.2, -0.15) is 0 Å². The Bertz CT molecular complexity index is 2620. The summed E-state index contributed by atoms with van der Waals surface area (Å²) >= 11 is 0. The Morgan fingerprint density at radius 3 is 2.04 bits per heavy atom. The zero-order valence-electron chi connectivity index (χ0n) is 30.5. The first-order valence-corrected chi connectivity index (χ1v) is 17.7. The number of fused-ring (bicyclic) bond motifs is 4. The molecular formula is C41H39N7O7. The van der Waals surface area contributed by atoms with E-state index in [4.69, 9.17) is 24.1 Å². The smallest absolute Gasteiger partial charge is 0.341 e. The molecule has 6 aromatic heterocycles. The Morgan fingerprint density at radius 2 is 1.42 bits per heavy atom. The molecule has 1 aliphatic heterocycles. The summed E-state index contributed by atoms with van der Waals surface area (Å²) in [6.07, 6.45) is 7.56. The minimum absolute atomic E-state index is 0.0693. The van der Waals surface area contributed by atoms with E-state index in [0.29, 0.717) is 43.6 Å². The molecular weight excluding hydrogens is 702 g/mol. The Morgan fingerprint density at radius 1 is 0.800 bits per heavy atom. The van der Waals surface area contributed by atoms with Gasteiger partial charge in [0.1, 0.15) is 23.6 Å². The van der Waals surface area contributed by atoms with Gasteiger partial charge >= 0.3 is 5.97 Å². The van der Waals surface area contributed by atoms with Crippen molar-refractivity contribution < 1.29 is 33.6 Å². The summed E-state index contributed by atoms with van der Waals surface area (Å²) in [6.45, 7) is 2.28. The maximum atomic E-state index is 13.0. The number of aromatic nitrogens is 6. The van der Waals surface area contributed by atoms with Crippen LogP contribution in [-0.2, 0) is 27.9 Å². The molecule has 3 N–H and O–H groups in total. The summed E-state index contributed by atoms with van der Waals surface area (Å²) in [7, 11) is 5.21. The normalized spacial score (nSPS) is 13.0. The van der Waals surface area contributed by atoms with Crippen molar-refractivity contribution in [2.75, 3.05) is 47.1 Å². The van der Waals surface area contributed by atoms with E-state index in [9.17, 15) is 9.59 Å². The topological polar surface area (TPSA) is 162 Å². The highest BCUT2D eigenvalue weighted by Gasteiger charge is 2.22. The number of hydrogen-bond acceptors (Lipinski definition) is 8. The van der Waals surface area contributed by atoms with Crippen molar-refractivity contribution in [3.8, 4) is 39.8 Å². The molecule has 0 spiro atoms. The molecule has 2 aromatic carbocycles. The van der Waals surface area contributed by atoms with E-state index in [1.807, 2.05) is 82.0 Å². The van der Waals surface area contributed by atoms with Crippen molar-refractivity contribution >= 4 is 55.7 Å². The number of morpholine rings is 1. The predicted molar refractivity (Wildman–Crippen MR) is 209 cm³/mol. The maximum absolute atomic E-state index is 13.0. The van der Waals surface area contributed by atoms with E-state index in [1.54, 1.807) is 32.7 Å². The number of aryl methyl sites for hydroxylation is 1. The largest absolute Gasteiger partial charge is 0.493 e. The van der Waals surface area contributed by atoms with Crippen molar-refractivity contribution in [2.45, 2.75) is 6.54 Å². The zero-order valence-corrected chi connectivity index (χ0v) is 30.5. The SMILES string of the molecule is COc1cc2c(-c3cc4cccnc4[nH]3)cn(CC(=O)N3CCOCC3)c2cc1OC.Cn1cc(-c2cc3cccnc3[nH]2)c2cc(OCC(=O)O)ccc21. The van der Waals surface area contributed by atoms with Gasteiger partial charge in [-0.25, -0.2) is 14.8 Å². The van der Waals surface area contributed by atoms with Crippen LogP contribution in [0.3, 0.4) is 0 Å². The molecule has 0 bridgehead atoms. The van der Waals surface area contributed by atoms with Crippen LogP contribution in [0.2, 0.25) is 0 Å². The van der Waals surface area contributed by atoms with Gasteiger partial charge in [-0.3, -0.25) is 4.79 Å². The van der Waals surface area contributed by atoms with Crippen LogP contribution in [0.25, 0.3) is 66.4 Å². The summed E-state index contributed by atoms with van der Waals surface area (Å²) in [4.78, 5) is 40.9. The average Bonchev–Trinajstić information content (AvgIpc) is 4.00. The number of carboxylic acid groups (broad SMARTS) is 1. The molecule has 0 saturated carbocycles. The average molecular weight is 742 g/mol. The predicted octanol–water partition coefficient (Wildman–Crippen LogP) is 6.25. The van der Waals surface area contributed by atoms with Crippen LogP contribution in [0.4, 0.5) is 0 Å². The molecule has 9 rings (SSSR count). The summed E-state index contributed by atoms with van der Waals surface area (Å²) in [5.41, 5.74) is 7.49. The third kappa shape index (κ3) is 7.02.